The number of fused-ring (bicyclic) bond motifs is 1. The molecule has 0 saturated carbocycles. The number of aryl methyl sites for hydroxylation is 1. The Morgan fingerprint density at radius 3 is 2.70 bits per heavy atom. The number of aromatic amines is 1. The number of H-pyrrole nitrogens is 1. The summed E-state index contributed by atoms with van der Waals surface area (Å²) in [5, 5.41) is 11.2. The van der Waals surface area contributed by atoms with Crippen LogP contribution in [0, 0.1) is 12.8 Å². The molecule has 174 valence electrons. The number of amidine groups is 1. The van der Waals surface area contributed by atoms with Crippen molar-refractivity contribution in [2.24, 2.45) is 15.9 Å². The molecule has 1 aliphatic heterocycles. The number of alkyl halides is 3. The Morgan fingerprint density at radius 2 is 2.06 bits per heavy atom. The van der Waals surface area contributed by atoms with Gasteiger partial charge in [-0.2, -0.15) is 28.6 Å². The first-order chi connectivity index (χ1) is 15.7. The zero-order chi connectivity index (χ0) is 23.8. The third kappa shape index (κ3) is 4.53. The highest BCUT2D eigenvalue weighted by Crippen LogP contribution is 2.33. The number of likely N-dealkylation sites (tertiary alicyclic amines) is 1. The van der Waals surface area contributed by atoms with Crippen molar-refractivity contribution in [3.05, 3.63) is 59.1 Å². The van der Waals surface area contributed by atoms with E-state index < -0.39 is 11.7 Å². The van der Waals surface area contributed by atoms with Gasteiger partial charge in [0.05, 0.1) is 23.1 Å². The van der Waals surface area contributed by atoms with Crippen LogP contribution in [0.4, 0.5) is 13.2 Å². The average molecular weight is 458 g/mol. The molecule has 0 unspecified atom stereocenters. The maximum Gasteiger partial charge on any atom is 0.417 e. The molecule has 0 spiro atoms. The number of hydrogen-bond donors (Lipinski definition) is 1. The molecule has 1 N–H and O–H groups in total. The number of allylic oxidation sites excluding steroid dienone is 1. The van der Waals surface area contributed by atoms with Gasteiger partial charge in [0.15, 0.2) is 5.84 Å². The molecule has 0 amide bonds. The quantitative estimate of drug-likeness (QED) is 0.469. The van der Waals surface area contributed by atoms with Crippen LogP contribution in [-0.2, 0) is 6.18 Å². The van der Waals surface area contributed by atoms with Gasteiger partial charge in [-0.3, -0.25) is 4.40 Å². The highest BCUT2D eigenvalue weighted by Gasteiger charge is 2.32. The molecule has 4 rings (SSSR count). The standard InChI is InChI=1S/C22H25F3N8/c1-5-18(32-10-13(2)8-15(11-32)20-14(3)29-31-30-20)28-21(26-4)17-9-27-19-7-6-16(12-33(17)19)22(23,24)25/h5-7,9,12-13,15H,4,8,10-11H2,1-3H3,(H,29,30,31)/b18-5+,28-21-/t13-,15+/m1/s1. The van der Waals surface area contributed by atoms with Gasteiger partial charge in [0.1, 0.15) is 17.2 Å². The predicted molar refractivity (Wildman–Crippen MR) is 119 cm³/mol. The van der Waals surface area contributed by atoms with Crippen LogP contribution < -0.4 is 0 Å². The van der Waals surface area contributed by atoms with Gasteiger partial charge < -0.3 is 4.90 Å². The maximum atomic E-state index is 13.2. The van der Waals surface area contributed by atoms with Crippen LogP contribution in [0.5, 0.6) is 0 Å². The first kappa shape index (κ1) is 22.7. The summed E-state index contributed by atoms with van der Waals surface area (Å²) in [4.78, 5) is 15.0. The first-order valence-electron chi connectivity index (χ1n) is 10.6. The van der Waals surface area contributed by atoms with Gasteiger partial charge in [0.2, 0.25) is 0 Å². The highest BCUT2D eigenvalue weighted by atomic mass is 19.4. The summed E-state index contributed by atoms with van der Waals surface area (Å²) in [6, 6.07) is 2.32. The van der Waals surface area contributed by atoms with Gasteiger partial charge in [-0.05, 0) is 51.1 Å². The number of rotatable bonds is 4. The van der Waals surface area contributed by atoms with Gasteiger partial charge in [0, 0.05) is 25.2 Å². The third-order valence-corrected chi connectivity index (χ3v) is 5.82. The van der Waals surface area contributed by atoms with Crippen molar-refractivity contribution in [2.75, 3.05) is 13.1 Å². The summed E-state index contributed by atoms with van der Waals surface area (Å²) < 4.78 is 41.0. The van der Waals surface area contributed by atoms with Crippen LogP contribution in [0.2, 0.25) is 0 Å². The molecule has 33 heavy (non-hydrogen) atoms. The molecule has 0 radical (unpaired) electrons. The number of nitrogens with one attached hydrogen (secondary N) is 1. The number of aliphatic imine (C=N–C) groups is 2. The average Bonchev–Trinajstić information content (AvgIpc) is 3.39. The zero-order valence-electron chi connectivity index (χ0n) is 18.6. The summed E-state index contributed by atoms with van der Waals surface area (Å²) in [5.41, 5.74) is 1.73. The Morgan fingerprint density at radius 1 is 1.27 bits per heavy atom. The molecule has 3 aromatic heterocycles. The van der Waals surface area contributed by atoms with Crippen LogP contribution in [0.15, 0.2) is 46.4 Å². The van der Waals surface area contributed by atoms with E-state index in [9.17, 15) is 13.2 Å². The van der Waals surface area contributed by atoms with Crippen molar-refractivity contribution in [1.29, 1.82) is 0 Å². The van der Waals surface area contributed by atoms with Crippen LogP contribution in [0.3, 0.4) is 0 Å². The minimum absolute atomic E-state index is 0.183. The second kappa shape index (κ2) is 8.80. The Labute approximate surface area is 189 Å². The maximum absolute atomic E-state index is 13.2. The highest BCUT2D eigenvalue weighted by molar-refractivity contribution is 6.01. The van der Waals surface area contributed by atoms with Gasteiger partial charge in [-0.25, -0.2) is 15.0 Å². The molecular weight excluding hydrogens is 433 g/mol. The van der Waals surface area contributed by atoms with E-state index in [-0.39, 0.29) is 11.8 Å². The predicted octanol–water partition coefficient (Wildman–Crippen LogP) is 4.21. The number of hydrogen-bond acceptors (Lipinski definition) is 5. The van der Waals surface area contributed by atoms with Crippen LogP contribution in [0.25, 0.3) is 5.65 Å². The summed E-state index contributed by atoms with van der Waals surface area (Å²) in [6.45, 7) is 11.0. The van der Waals surface area contributed by atoms with E-state index >= 15 is 0 Å². The Hall–Kier alpha value is -3.50. The smallest absolute Gasteiger partial charge is 0.356 e. The molecule has 4 heterocycles. The van der Waals surface area contributed by atoms with E-state index in [0.29, 0.717) is 29.6 Å². The van der Waals surface area contributed by atoms with E-state index in [1.807, 2.05) is 19.9 Å². The molecule has 3 aromatic rings. The van der Waals surface area contributed by atoms with E-state index in [2.05, 4.69) is 48.9 Å². The topological polar surface area (TPSA) is 86.8 Å². The lowest BCUT2D eigenvalue weighted by Gasteiger charge is -2.37. The monoisotopic (exact) mass is 458 g/mol. The zero-order valence-corrected chi connectivity index (χ0v) is 18.6. The lowest BCUT2D eigenvalue weighted by molar-refractivity contribution is -0.137. The Bertz CT molecular complexity index is 1220. The molecule has 1 saturated heterocycles. The number of aromatic nitrogens is 5. The first-order valence-corrected chi connectivity index (χ1v) is 10.6. The Balaban J connectivity index is 1.68. The number of piperidine rings is 1. The van der Waals surface area contributed by atoms with E-state index in [0.717, 1.165) is 36.6 Å². The van der Waals surface area contributed by atoms with Crippen molar-refractivity contribution < 1.29 is 13.2 Å². The van der Waals surface area contributed by atoms with Crippen molar-refractivity contribution in [2.45, 2.75) is 39.3 Å². The molecule has 0 aliphatic carbocycles. The largest absolute Gasteiger partial charge is 0.417 e. The second-order valence-corrected chi connectivity index (χ2v) is 8.26. The van der Waals surface area contributed by atoms with E-state index in [1.54, 1.807) is 0 Å². The fourth-order valence-electron chi connectivity index (χ4n) is 4.33. The lowest BCUT2D eigenvalue weighted by Crippen LogP contribution is -2.38. The lowest BCUT2D eigenvalue weighted by atomic mass is 9.87. The minimum Gasteiger partial charge on any atom is -0.356 e. The minimum atomic E-state index is -4.47. The number of nitrogens with zero attached hydrogens (tertiary/aromatic N) is 7. The van der Waals surface area contributed by atoms with Crippen molar-refractivity contribution >= 4 is 18.2 Å². The van der Waals surface area contributed by atoms with Crippen molar-refractivity contribution in [3.63, 3.8) is 0 Å². The number of imidazole rings is 1. The molecule has 0 bridgehead atoms. The molecule has 0 aromatic carbocycles. The molecule has 8 nitrogen and oxygen atoms in total. The molecule has 1 fully saturated rings. The van der Waals surface area contributed by atoms with Crippen molar-refractivity contribution in [3.8, 4) is 0 Å². The molecule has 2 atom stereocenters. The van der Waals surface area contributed by atoms with Gasteiger partial charge >= 0.3 is 6.18 Å². The third-order valence-electron chi connectivity index (χ3n) is 5.82. The Kier molecular flexibility index (Phi) is 6.05. The normalized spacial score (nSPS) is 20.5. The summed E-state index contributed by atoms with van der Waals surface area (Å²) in [7, 11) is 0. The van der Waals surface area contributed by atoms with Crippen molar-refractivity contribution in [1.82, 2.24) is 29.7 Å². The van der Waals surface area contributed by atoms with E-state index in [4.69, 9.17) is 0 Å². The van der Waals surface area contributed by atoms with Crippen LogP contribution >= 0.6 is 0 Å². The second-order valence-electron chi connectivity index (χ2n) is 8.26. The fraction of sp³-hybridized carbons (Fsp3) is 0.409. The van der Waals surface area contributed by atoms with Gasteiger partial charge in [-0.15, -0.1) is 0 Å². The molecule has 11 heteroatoms. The molecule has 1 aliphatic rings. The summed E-state index contributed by atoms with van der Waals surface area (Å²) >= 11 is 0. The van der Waals surface area contributed by atoms with E-state index in [1.165, 1.54) is 16.7 Å². The summed E-state index contributed by atoms with van der Waals surface area (Å²) in [5.74, 6) is 1.43. The number of pyridine rings is 1. The number of halogens is 3. The van der Waals surface area contributed by atoms with Gasteiger partial charge in [-0.1, -0.05) is 6.92 Å². The molecular formula is C22H25F3N8. The SMILES string of the molecule is C=N/C(=N\C(=C/C)N1C[C@H](C)C[C@H](c2n[nH]nc2C)C1)c1cnc2ccc(C(F)(F)F)cn12. The summed E-state index contributed by atoms with van der Waals surface area (Å²) in [6.07, 6.45) is 0.822. The van der Waals surface area contributed by atoms with Crippen LogP contribution in [-0.4, -0.2) is 55.3 Å². The van der Waals surface area contributed by atoms with Gasteiger partial charge in [0.25, 0.3) is 0 Å². The van der Waals surface area contributed by atoms with Crippen LogP contribution in [0.1, 0.15) is 48.8 Å². The fourth-order valence-corrected chi connectivity index (χ4v) is 4.33.